The van der Waals surface area contributed by atoms with Crippen LogP contribution in [0.1, 0.15) is 13.3 Å². The van der Waals surface area contributed by atoms with E-state index in [-0.39, 0.29) is 13.0 Å². The van der Waals surface area contributed by atoms with Crippen LogP contribution < -0.4 is 0 Å². The Bertz CT molecular complexity index is 280. The summed E-state index contributed by atoms with van der Waals surface area (Å²) < 4.78 is 4.56. The molecule has 0 aromatic heterocycles. The summed E-state index contributed by atoms with van der Waals surface area (Å²) in [6.07, 6.45) is -0.184. The Morgan fingerprint density at radius 2 is 1.86 bits per heavy atom. The van der Waals surface area contributed by atoms with Crippen LogP contribution in [0.5, 0.6) is 0 Å². The van der Waals surface area contributed by atoms with Gasteiger partial charge in [-0.25, -0.2) is 0 Å². The molecular weight excluding hydrogens is 192 g/mol. The van der Waals surface area contributed by atoms with Crippen LogP contribution in [0.2, 0.25) is 0 Å². The number of rotatable bonds is 4. The summed E-state index contributed by atoms with van der Waals surface area (Å²) in [4.78, 5) is 32.4. The quantitative estimate of drug-likeness (QED) is 0.480. The van der Waals surface area contributed by atoms with Crippen LogP contribution in [0.3, 0.4) is 0 Å². The largest absolute Gasteiger partial charge is 0.480 e. The van der Waals surface area contributed by atoms with Gasteiger partial charge < -0.3 is 14.9 Å². The molecule has 6 heteroatoms. The van der Waals surface area contributed by atoms with E-state index in [1.165, 1.54) is 0 Å². The van der Waals surface area contributed by atoms with Crippen LogP contribution >= 0.6 is 0 Å². The minimum absolute atomic E-state index is 0.116. The van der Waals surface area contributed by atoms with Crippen LogP contribution in [0.15, 0.2) is 0 Å². The van der Waals surface area contributed by atoms with Gasteiger partial charge in [0.15, 0.2) is 5.41 Å². The number of carbonyl (C=O) groups is 3. The fourth-order valence-corrected chi connectivity index (χ4v) is 1.35. The second kappa shape index (κ2) is 3.28. The molecule has 6 nitrogen and oxygen atoms in total. The fourth-order valence-electron chi connectivity index (χ4n) is 1.35. The Kier molecular flexibility index (Phi) is 2.46. The molecule has 0 spiro atoms. The number of carbonyl (C=O) groups excluding carboxylic acids is 1. The first-order chi connectivity index (χ1) is 6.46. The van der Waals surface area contributed by atoms with Gasteiger partial charge in [-0.2, -0.15) is 0 Å². The number of hydrogen-bond donors (Lipinski definition) is 2. The highest BCUT2D eigenvalue weighted by Crippen LogP contribution is 2.53. The molecular formula is C8H10O6. The summed E-state index contributed by atoms with van der Waals surface area (Å²) in [5.41, 5.74) is -1.95. The molecule has 1 saturated carbocycles. The molecule has 0 unspecified atom stereocenters. The third-order valence-electron chi connectivity index (χ3n) is 2.30. The van der Waals surface area contributed by atoms with Gasteiger partial charge in [-0.15, -0.1) is 0 Å². The second-order valence-corrected chi connectivity index (χ2v) is 3.09. The highest BCUT2D eigenvalue weighted by atomic mass is 16.5. The monoisotopic (exact) mass is 202 g/mol. The van der Waals surface area contributed by atoms with Gasteiger partial charge in [0.05, 0.1) is 12.5 Å². The maximum Gasteiger partial charge on any atom is 0.321 e. The van der Waals surface area contributed by atoms with Crippen LogP contribution in [0.4, 0.5) is 0 Å². The Morgan fingerprint density at radius 3 is 2.14 bits per heavy atom. The lowest BCUT2D eigenvalue weighted by molar-refractivity contribution is -0.162. The van der Waals surface area contributed by atoms with E-state index < -0.39 is 29.2 Å². The molecule has 0 heterocycles. The first-order valence-electron chi connectivity index (χ1n) is 4.10. The van der Waals surface area contributed by atoms with Crippen molar-refractivity contribution < 1.29 is 29.3 Å². The minimum atomic E-state index is -1.95. The molecule has 0 aliphatic heterocycles. The Labute approximate surface area is 79.5 Å². The van der Waals surface area contributed by atoms with Gasteiger partial charge in [-0.1, -0.05) is 0 Å². The number of aliphatic carboxylic acids is 2. The molecule has 14 heavy (non-hydrogen) atoms. The second-order valence-electron chi connectivity index (χ2n) is 3.09. The van der Waals surface area contributed by atoms with Crippen molar-refractivity contribution in [3.63, 3.8) is 0 Å². The van der Waals surface area contributed by atoms with Crippen molar-refractivity contribution in [3.8, 4) is 0 Å². The van der Waals surface area contributed by atoms with Gasteiger partial charge in [0.1, 0.15) is 0 Å². The molecule has 78 valence electrons. The summed E-state index contributed by atoms with van der Waals surface area (Å²) in [6, 6.07) is 0. The first-order valence-corrected chi connectivity index (χ1v) is 4.10. The standard InChI is InChI=1S/C8H10O6/c1-2-14-5(9)4-3-8(4,6(10)11)7(12)13/h4H,2-3H2,1H3,(H,10,11)(H,12,13)/t4-/m0/s1. The van der Waals surface area contributed by atoms with E-state index in [1.54, 1.807) is 6.92 Å². The molecule has 1 aliphatic rings. The molecule has 0 radical (unpaired) electrons. The van der Waals surface area contributed by atoms with Crippen LogP contribution in [0, 0.1) is 11.3 Å². The molecule has 1 atom stereocenters. The van der Waals surface area contributed by atoms with E-state index in [4.69, 9.17) is 10.2 Å². The predicted molar refractivity (Wildman–Crippen MR) is 42.4 cm³/mol. The maximum absolute atomic E-state index is 11.1. The average molecular weight is 202 g/mol. The van der Waals surface area contributed by atoms with Crippen molar-refractivity contribution in [2.45, 2.75) is 13.3 Å². The lowest BCUT2D eigenvalue weighted by atomic mass is 10.1. The number of hydrogen-bond acceptors (Lipinski definition) is 4. The lowest BCUT2D eigenvalue weighted by Crippen LogP contribution is -2.30. The van der Waals surface area contributed by atoms with E-state index >= 15 is 0 Å². The molecule has 2 N–H and O–H groups in total. The summed E-state index contributed by atoms with van der Waals surface area (Å²) in [5.74, 6) is -4.76. The van der Waals surface area contributed by atoms with Crippen molar-refractivity contribution in [1.29, 1.82) is 0 Å². The number of esters is 1. The molecule has 1 rings (SSSR count). The van der Waals surface area contributed by atoms with Crippen LogP contribution in [0.25, 0.3) is 0 Å². The van der Waals surface area contributed by atoms with Gasteiger partial charge in [0.2, 0.25) is 0 Å². The Hall–Kier alpha value is -1.59. The first kappa shape index (κ1) is 10.5. The third-order valence-corrected chi connectivity index (χ3v) is 2.30. The zero-order valence-electron chi connectivity index (χ0n) is 7.52. The van der Waals surface area contributed by atoms with E-state index in [0.29, 0.717) is 0 Å². The smallest absolute Gasteiger partial charge is 0.321 e. The number of carboxylic acids is 2. The summed E-state index contributed by atoms with van der Waals surface area (Å²) in [7, 11) is 0. The SMILES string of the molecule is CCOC(=O)[C@@H]1CC1(C(=O)O)C(=O)O. The minimum Gasteiger partial charge on any atom is -0.480 e. The van der Waals surface area contributed by atoms with E-state index in [0.717, 1.165) is 0 Å². The number of ether oxygens (including phenoxy) is 1. The third kappa shape index (κ3) is 1.32. The molecule has 1 aliphatic carbocycles. The van der Waals surface area contributed by atoms with Crippen molar-refractivity contribution in [2.75, 3.05) is 6.61 Å². The molecule has 0 aromatic rings. The lowest BCUT2D eigenvalue weighted by Gasteiger charge is -2.05. The van der Waals surface area contributed by atoms with Gasteiger partial charge in [-0.05, 0) is 13.3 Å². The van der Waals surface area contributed by atoms with E-state index in [2.05, 4.69) is 4.74 Å². The molecule has 0 bridgehead atoms. The predicted octanol–water partition coefficient (Wildman–Crippen LogP) is -0.275. The van der Waals surface area contributed by atoms with Crippen LogP contribution in [-0.2, 0) is 19.1 Å². The van der Waals surface area contributed by atoms with Gasteiger partial charge in [0.25, 0.3) is 0 Å². The topological polar surface area (TPSA) is 101 Å². The maximum atomic E-state index is 11.1. The zero-order valence-corrected chi connectivity index (χ0v) is 7.52. The fraction of sp³-hybridized carbons (Fsp3) is 0.625. The molecule has 0 amide bonds. The normalized spacial score (nSPS) is 22.5. The Balaban J connectivity index is 2.76. The van der Waals surface area contributed by atoms with Crippen molar-refractivity contribution in [1.82, 2.24) is 0 Å². The Morgan fingerprint density at radius 1 is 1.36 bits per heavy atom. The molecule has 0 saturated heterocycles. The molecule has 0 aromatic carbocycles. The van der Waals surface area contributed by atoms with Gasteiger partial charge in [-0.3, -0.25) is 14.4 Å². The zero-order chi connectivity index (χ0) is 10.9. The summed E-state index contributed by atoms with van der Waals surface area (Å²) >= 11 is 0. The summed E-state index contributed by atoms with van der Waals surface area (Å²) in [6.45, 7) is 1.69. The van der Waals surface area contributed by atoms with Gasteiger partial charge >= 0.3 is 17.9 Å². The van der Waals surface area contributed by atoms with E-state index in [1.807, 2.05) is 0 Å². The highest BCUT2D eigenvalue weighted by molar-refractivity contribution is 6.07. The van der Waals surface area contributed by atoms with Gasteiger partial charge in [0, 0.05) is 0 Å². The summed E-state index contributed by atoms with van der Waals surface area (Å²) in [5, 5.41) is 17.3. The van der Waals surface area contributed by atoms with Crippen LogP contribution in [-0.4, -0.2) is 34.7 Å². The highest BCUT2D eigenvalue weighted by Gasteiger charge is 2.71. The van der Waals surface area contributed by atoms with Crippen molar-refractivity contribution >= 4 is 17.9 Å². The van der Waals surface area contributed by atoms with E-state index in [9.17, 15) is 14.4 Å². The molecule has 1 fully saturated rings. The van der Waals surface area contributed by atoms with Crippen molar-refractivity contribution in [2.24, 2.45) is 11.3 Å². The number of carboxylic acid groups (broad SMARTS) is 2. The van der Waals surface area contributed by atoms with Crippen molar-refractivity contribution in [3.05, 3.63) is 0 Å². The average Bonchev–Trinajstić information content (AvgIpc) is 2.79.